The molecule has 4 rings (SSSR count). The van der Waals surface area contributed by atoms with Gasteiger partial charge in [-0.05, 0) is 30.9 Å². The third-order valence-corrected chi connectivity index (χ3v) is 4.94. The second kappa shape index (κ2) is 6.27. The summed E-state index contributed by atoms with van der Waals surface area (Å²) in [5.41, 5.74) is 4.29. The maximum atomic E-state index is 12.9. The van der Waals surface area contributed by atoms with E-state index >= 15 is 0 Å². The smallest absolute Gasteiger partial charge is 0.255 e. The molecule has 1 aliphatic rings. The fourth-order valence-electron chi connectivity index (χ4n) is 3.58. The SMILES string of the molecule is CCc1cn[nH]c1[C@@H]1CCCN(C(=O)c2cnc3c(c2)nnn3C)C1. The number of hydrogen-bond acceptors (Lipinski definition) is 5. The molecule has 1 aliphatic heterocycles. The molecule has 130 valence electrons. The van der Waals surface area contributed by atoms with Gasteiger partial charge in [0.2, 0.25) is 0 Å². The number of pyridine rings is 1. The summed E-state index contributed by atoms with van der Waals surface area (Å²) in [6, 6.07) is 1.77. The van der Waals surface area contributed by atoms with Crippen LogP contribution in [0.2, 0.25) is 0 Å². The molecule has 25 heavy (non-hydrogen) atoms. The fraction of sp³-hybridized carbons (Fsp3) is 0.471. The predicted octanol–water partition coefficient (Wildman–Crippen LogP) is 1.67. The lowest BCUT2D eigenvalue weighted by molar-refractivity contribution is 0.0705. The van der Waals surface area contributed by atoms with E-state index in [4.69, 9.17) is 0 Å². The van der Waals surface area contributed by atoms with Gasteiger partial charge >= 0.3 is 0 Å². The molecular weight excluding hydrogens is 318 g/mol. The van der Waals surface area contributed by atoms with Crippen LogP contribution in [0.15, 0.2) is 18.5 Å². The molecule has 0 spiro atoms. The number of aromatic nitrogens is 6. The minimum Gasteiger partial charge on any atom is -0.338 e. The van der Waals surface area contributed by atoms with Crippen LogP contribution in [0.4, 0.5) is 0 Å². The lowest BCUT2D eigenvalue weighted by Crippen LogP contribution is -2.39. The van der Waals surface area contributed by atoms with Gasteiger partial charge in [-0.15, -0.1) is 5.10 Å². The molecule has 0 aromatic carbocycles. The van der Waals surface area contributed by atoms with E-state index in [1.807, 2.05) is 11.1 Å². The van der Waals surface area contributed by atoms with Crippen LogP contribution in [-0.4, -0.2) is 54.1 Å². The summed E-state index contributed by atoms with van der Waals surface area (Å²) < 4.78 is 1.60. The summed E-state index contributed by atoms with van der Waals surface area (Å²) >= 11 is 0. The molecule has 8 nitrogen and oxygen atoms in total. The Morgan fingerprint density at radius 1 is 1.40 bits per heavy atom. The van der Waals surface area contributed by atoms with Crippen molar-refractivity contribution in [2.24, 2.45) is 7.05 Å². The first-order valence-corrected chi connectivity index (χ1v) is 8.64. The van der Waals surface area contributed by atoms with Crippen molar-refractivity contribution in [1.29, 1.82) is 0 Å². The fourth-order valence-corrected chi connectivity index (χ4v) is 3.58. The van der Waals surface area contributed by atoms with Gasteiger partial charge in [-0.25, -0.2) is 9.67 Å². The van der Waals surface area contributed by atoms with Crippen molar-refractivity contribution in [2.45, 2.75) is 32.1 Å². The van der Waals surface area contributed by atoms with Gasteiger partial charge in [0.25, 0.3) is 5.91 Å². The van der Waals surface area contributed by atoms with E-state index in [1.54, 1.807) is 24.0 Å². The molecule has 1 amide bonds. The molecule has 3 aromatic rings. The van der Waals surface area contributed by atoms with Crippen molar-refractivity contribution in [3.05, 3.63) is 35.3 Å². The summed E-state index contributed by atoms with van der Waals surface area (Å²) in [7, 11) is 1.79. The number of hydrogen-bond donors (Lipinski definition) is 1. The molecule has 0 bridgehead atoms. The van der Waals surface area contributed by atoms with Gasteiger partial charge in [0.1, 0.15) is 5.52 Å². The summed E-state index contributed by atoms with van der Waals surface area (Å²) in [4.78, 5) is 19.2. The molecule has 1 saturated heterocycles. The van der Waals surface area contributed by atoms with Crippen LogP contribution in [0.1, 0.15) is 47.3 Å². The van der Waals surface area contributed by atoms with E-state index in [-0.39, 0.29) is 5.91 Å². The number of nitrogens with one attached hydrogen (secondary N) is 1. The number of nitrogens with zero attached hydrogens (tertiary/aromatic N) is 6. The maximum absolute atomic E-state index is 12.9. The number of carbonyl (C=O) groups is 1. The Morgan fingerprint density at radius 2 is 2.28 bits per heavy atom. The first-order valence-electron chi connectivity index (χ1n) is 8.64. The van der Waals surface area contributed by atoms with Crippen LogP contribution in [-0.2, 0) is 13.5 Å². The van der Waals surface area contributed by atoms with Crippen molar-refractivity contribution in [1.82, 2.24) is 35.1 Å². The Morgan fingerprint density at radius 3 is 3.12 bits per heavy atom. The number of rotatable bonds is 3. The van der Waals surface area contributed by atoms with Gasteiger partial charge in [-0.3, -0.25) is 9.89 Å². The van der Waals surface area contributed by atoms with E-state index in [1.165, 1.54) is 11.3 Å². The normalized spacial score (nSPS) is 18.0. The molecule has 0 radical (unpaired) electrons. The molecular formula is C17H21N7O. The Labute approximate surface area is 145 Å². The molecule has 4 heterocycles. The van der Waals surface area contributed by atoms with Crippen molar-refractivity contribution in [3.8, 4) is 0 Å². The quantitative estimate of drug-likeness (QED) is 0.783. The highest BCUT2D eigenvalue weighted by molar-refractivity contribution is 5.96. The molecule has 3 aromatic heterocycles. The van der Waals surface area contributed by atoms with Gasteiger partial charge in [-0.2, -0.15) is 5.10 Å². The summed E-state index contributed by atoms with van der Waals surface area (Å²) in [5, 5.41) is 15.3. The Kier molecular flexibility index (Phi) is 3.95. The number of likely N-dealkylation sites (tertiary alicyclic amines) is 1. The molecule has 0 unspecified atom stereocenters. The van der Waals surface area contributed by atoms with E-state index in [0.29, 0.717) is 29.2 Å². The van der Waals surface area contributed by atoms with Crippen LogP contribution in [0.25, 0.3) is 11.2 Å². The number of aryl methyl sites for hydroxylation is 2. The van der Waals surface area contributed by atoms with Crippen LogP contribution >= 0.6 is 0 Å². The first-order chi connectivity index (χ1) is 12.2. The average Bonchev–Trinajstić information content (AvgIpc) is 3.27. The predicted molar refractivity (Wildman–Crippen MR) is 92.1 cm³/mol. The zero-order valence-electron chi connectivity index (χ0n) is 14.4. The molecule has 0 aliphatic carbocycles. The van der Waals surface area contributed by atoms with E-state index in [9.17, 15) is 4.79 Å². The Hall–Kier alpha value is -2.77. The number of amides is 1. The zero-order chi connectivity index (χ0) is 17.4. The van der Waals surface area contributed by atoms with Crippen molar-refractivity contribution < 1.29 is 4.79 Å². The lowest BCUT2D eigenvalue weighted by atomic mass is 9.91. The number of carbonyl (C=O) groups excluding carboxylic acids is 1. The van der Waals surface area contributed by atoms with Crippen LogP contribution in [0.3, 0.4) is 0 Å². The molecule has 8 heteroatoms. The molecule has 1 N–H and O–H groups in total. The standard InChI is InChI=1S/C17H21N7O/c1-3-11-9-19-21-15(11)12-5-4-6-24(10-12)17(25)13-7-14-16(18-8-13)23(2)22-20-14/h7-9,12H,3-6,10H2,1-2H3,(H,19,21)/t12-/m1/s1. The zero-order valence-corrected chi connectivity index (χ0v) is 14.4. The van der Waals surface area contributed by atoms with E-state index in [0.717, 1.165) is 25.8 Å². The Balaban J connectivity index is 1.56. The monoisotopic (exact) mass is 339 g/mol. The van der Waals surface area contributed by atoms with Gasteiger partial charge in [-0.1, -0.05) is 12.1 Å². The number of fused-ring (bicyclic) bond motifs is 1. The minimum atomic E-state index is 0.00215. The highest BCUT2D eigenvalue weighted by Crippen LogP contribution is 2.29. The highest BCUT2D eigenvalue weighted by Gasteiger charge is 2.28. The number of piperidine rings is 1. The average molecular weight is 339 g/mol. The van der Waals surface area contributed by atoms with Crippen molar-refractivity contribution >= 4 is 17.1 Å². The van der Waals surface area contributed by atoms with Gasteiger partial charge in [0.15, 0.2) is 5.65 Å². The summed E-state index contributed by atoms with van der Waals surface area (Å²) in [5.74, 6) is 0.311. The Bertz CT molecular complexity index is 913. The van der Waals surface area contributed by atoms with Crippen molar-refractivity contribution in [3.63, 3.8) is 0 Å². The third-order valence-electron chi connectivity index (χ3n) is 4.94. The topological polar surface area (TPSA) is 92.6 Å². The third kappa shape index (κ3) is 2.77. The minimum absolute atomic E-state index is 0.00215. The number of H-pyrrole nitrogens is 1. The van der Waals surface area contributed by atoms with Gasteiger partial charge in [0.05, 0.1) is 11.8 Å². The van der Waals surface area contributed by atoms with Gasteiger partial charge < -0.3 is 4.90 Å². The van der Waals surface area contributed by atoms with Crippen molar-refractivity contribution in [2.75, 3.05) is 13.1 Å². The van der Waals surface area contributed by atoms with E-state index < -0.39 is 0 Å². The van der Waals surface area contributed by atoms with Crippen LogP contribution < -0.4 is 0 Å². The molecule has 1 atom stereocenters. The maximum Gasteiger partial charge on any atom is 0.255 e. The summed E-state index contributed by atoms with van der Waals surface area (Å²) in [6.07, 6.45) is 6.51. The molecule has 1 fully saturated rings. The highest BCUT2D eigenvalue weighted by atomic mass is 16.2. The van der Waals surface area contributed by atoms with Crippen LogP contribution in [0, 0.1) is 0 Å². The number of aromatic amines is 1. The second-order valence-electron chi connectivity index (χ2n) is 6.53. The second-order valence-corrected chi connectivity index (χ2v) is 6.53. The summed E-state index contributed by atoms with van der Waals surface area (Å²) in [6.45, 7) is 3.60. The van der Waals surface area contributed by atoms with E-state index in [2.05, 4.69) is 32.4 Å². The molecule has 0 saturated carbocycles. The van der Waals surface area contributed by atoms with Gasteiger partial charge in [0, 0.05) is 37.9 Å². The van der Waals surface area contributed by atoms with Crippen LogP contribution in [0.5, 0.6) is 0 Å². The first kappa shape index (κ1) is 15.7. The lowest BCUT2D eigenvalue weighted by Gasteiger charge is -2.32. The largest absolute Gasteiger partial charge is 0.338 e.